The monoisotopic (exact) mass is 357 g/mol. The molecule has 0 aliphatic carbocycles. The molecule has 8 heteroatoms. The number of ether oxygens (including phenoxy) is 1. The number of amides is 1. The van der Waals surface area contributed by atoms with Gasteiger partial charge in [0.15, 0.2) is 5.60 Å². The fourth-order valence-corrected chi connectivity index (χ4v) is 2.88. The van der Waals surface area contributed by atoms with Crippen LogP contribution in [-0.4, -0.2) is 18.1 Å². The van der Waals surface area contributed by atoms with E-state index in [2.05, 4.69) is 5.32 Å². The van der Waals surface area contributed by atoms with Gasteiger partial charge in [-0.15, -0.1) is 0 Å². The van der Waals surface area contributed by atoms with Crippen molar-refractivity contribution in [2.24, 2.45) is 0 Å². The number of anilines is 1. The molecule has 0 saturated heterocycles. The van der Waals surface area contributed by atoms with Crippen LogP contribution in [0, 0.1) is 0 Å². The van der Waals surface area contributed by atoms with Gasteiger partial charge < -0.3 is 15.2 Å². The molecule has 1 atom stereocenters. The minimum Gasteiger partial charge on any atom is -0.496 e. The molecule has 2 aromatic rings. The van der Waals surface area contributed by atoms with E-state index in [9.17, 15) is 23.1 Å². The third-order valence-corrected chi connectivity index (χ3v) is 4.10. The lowest BCUT2D eigenvalue weighted by atomic mass is 9.86. The van der Waals surface area contributed by atoms with Crippen molar-refractivity contribution in [1.82, 2.24) is 0 Å². The average molecular weight is 358 g/mol. The first-order valence-corrected chi connectivity index (χ1v) is 7.15. The summed E-state index contributed by atoms with van der Waals surface area (Å²) in [5.41, 5.74) is -3.19. The minimum absolute atomic E-state index is 0.000988. The molecule has 1 heterocycles. The van der Waals surface area contributed by atoms with Gasteiger partial charge in [-0.2, -0.15) is 13.2 Å². The first-order chi connectivity index (χ1) is 11.2. The number of alkyl halides is 3. The number of carbonyl (C=O) groups excluding carboxylic acids is 1. The average Bonchev–Trinajstić information content (AvgIpc) is 2.78. The van der Waals surface area contributed by atoms with Gasteiger partial charge in [0, 0.05) is 21.8 Å². The molecule has 0 saturated carbocycles. The van der Waals surface area contributed by atoms with Crippen LogP contribution in [0.15, 0.2) is 36.4 Å². The molecule has 1 amide bonds. The Bertz CT molecular complexity index is 838. The van der Waals surface area contributed by atoms with Gasteiger partial charge in [-0.25, -0.2) is 0 Å². The Morgan fingerprint density at radius 2 is 1.88 bits per heavy atom. The van der Waals surface area contributed by atoms with E-state index in [-0.39, 0.29) is 27.6 Å². The van der Waals surface area contributed by atoms with Crippen LogP contribution < -0.4 is 10.1 Å². The molecule has 2 N–H and O–H groups in total. The Morgan fingerprint density at radius 1 is 1.17 bits per heavy atom. The van der Waals surface area contributed by atoms with E-state index >= 15 is 0 Å². The number of fused-ring (bicyclic) bond motifs is 1. The Labute approximate surface area is 139 Å². The maximum atomic E-state index is 12.8. The first-order valence-electron chi connectivity index (χ1n) is 6.77. The van der Waals surface area contributed by atoms with E-state index in [1.54, 1.807) is 0 Å². The van der Waals surface area contributed by atoms with Crippen LogP contribution in [0.1, 0.15) is 16.7 Å². The van der Waals surface area contributed by atoms with Gasteiger partial charge in [0.05, 0.1) is 12.7 Å². The maximum Gasteiger partial charge on any atom is 0.416 e. The summed E-state index contributed by atoms with van der Waals surface area (Å²) < 4.78 is 43.6. The number of rotatable bonds is 2. The lowest BCUT2D eigenvalue weighted by molar-refractivity contribution is -0.137. The van der Waals surface area contributed by atoms with Crippen molar-refractivity contribution in [1.29, 1.82) is 0 Å². The molecule has 126 valence electrons. The predicted octanol–water partition coefficient (Wildman–Crippen LogP) is 3.56. The van der Waals surface area contributed by atoms with Crippen molar-refractivity contribution in [3.05, 3.63) is 58.1 Å². The molecular weight excluding hydrogens is 347 g/mol. The van der Waals surface area contributed by atoms with Crippen molar-refractivity contribution >= 4 is 23.2 Å². The van der Waals surface area contributed by atoms with Crippen LogP contribution in [0.25, 0.3) is 0 Å². The zero-order valence-electron chi connectivity index (χ0n) is 12.2. The van der Waals surface area contributed by atoms with Crippen molar-refractivity contribution in [3.63, 3.8) is 0 Å². The molecule has 0 radical (unpaired) electrons. The maximum absolute atomic E-state index is 12.8. The van der Waals surface area contributed by atoms with Gasteiger partial charge in [-0.05, 0) is 30.3 Å². The molecule has 0 unspecified atom stereocenters. The summed E-state index contributed by atoms with van der Waals surface area (Å²) in [7, 11) is 1.34. The molecule has 2 aromatic carbocycles. The number of aliphatic hydroxyl groups is 1. The highest BCUT2D eigenvalue weighted by Gasteiger charge is 2.49. The SMILES string of the molecule is COc1ccc(Cl)cc1[C@]1(O)C(=O)Nc2cc(C(F)(F)F)ccc21. The standard InChI is InChI=1S/C16H11ClF3NO3/c1-24-13-5-3-9(17)7-11(13)15(23)10-4-2-8(16(18,19)20)6-12(10)21-14(15)22/h2-7,23H,1H3,(H,21,22)/t15-/m0/s1. The lowest BCUT2D eigenvalue weighted by Gasteiger charge is -2.24. The third-order valence-electron chi connectivity index (χ3n) is 3.86. The highest BCUT2D eigenvalue weighted by molar-refractivity contribution is 6.30. The molecule has 0 bridgehead atoms. The molecule has 1 aliphatic rings. The predicted molar refractivity (Wildman–Crippen MR) is 81.1 cm³/mol. The Hall–Kier alpha value is -2.25. The topological polar surface area (TPSA) is 58.6 Å². The second-order valence-electron chi connectivity index (χ2n) is 5.27. The summed E-state index contributed by atoms with van der Waals surface area (Å²) in [4.78, 5) is 12.4. The molecule has 24 heavy (non-hydrogen) atoms. The normalized spacial score (nSPS) is 19.8. The number of benzene rings is 2. The summed E-state index contributed by atoms with van der Waals surface area (Å²) in [6.45, 7) is 0. The summed E-state index contributed by atoms with van der Waals surface area (Å²) >= 11 is 5.93. The van der Waals surface area contributed by atoms with Gasteiger partial charge in [0.25, 0.3) is 5.91 Å². The van der Waals surface area contributed by atoms with E-state index in [1.807, 2.05) is 0 Å². The van der Waals surface area contributed by atoms with Crippen molar-refractivity contribution in [3.8, 4) is 5.75 Å². The number of hydrogen-bond acceptors (Lipinski definition) is 3. The third kappa shape index (κ3) is 2.40. The van der Waals surface area contributed by atoms with Gasteiger partial charge in [0.1, 0.15) is 5.75 Å². The van der Waals surface area contributed by atoms with E-state index in [4.69, 9.17) is 16.3 Å². The van der Waals surface area contributed by atoms with Crippen LogP contribution in [0.5, 0.6) is 5.75 Å². The highest BCUT2D eigenvalue weighted by atomic mass is 35.5. The van der Waals surface area contributed by atoms with Crippen LogP contribution in [0.4, 0.5) is 18.9 Å². The first kappa shape index (κ1) is 16.6. The Morgan fingerprint density at radius 3 is 2.50 bits per heavy atom. The van der Waals surface area contributed by atoms with Gasteiger partial charge in [-0.3, -0.25) is 4.79 Å². The lowest BCUT2D eigenvalue weighted by Crippen LogP contribution is -2.35. The zero-order valence-corrected chi connectivity index (χ0v) is 13.0. The van der Waals surface area contributed by atoms with E-state index < -0.39 is 23.2 Å². The molecule has 1 aliphatic heterocycles. The van der Waals surface area contributed by atoms with Crippen molar-refractivity contribution < 1.29 is 27.8 Å². The zero-order chi connectivity index (χ0) is 17.7. The van der Waals surface area contributed by atoms with Crippen LogP contribution in [0.2, 0.25) is 5.02 Å². The van der Waals surface area contributed by atoms with E-state index in [1.165, 1.54) is 25.3 Å². The van der Waals surface area contributed by atoms with Crippen LogP contribution >= 0.6 is 11.6 Å². The molecule has 0 spiro atoms. The minimum atomic E-state index is -4.56. The number of carbonyl (C=O) groups is 1. The summed E-state index contributed by atoms with van der Waals surface area (Å²) in [5, 5.41) is 13.5. The van der Waals surface area contributed by atoms with Gasteiger partial charge in [-0.1, -0.05) is 17.7 Å². The largest absolute Gasteiger partial charge is 0.496 e. The highest BCUT2D eigenvalue weighted by Crippen LogP contribution is 2.46. The Kier molecular flexibility index (Phi) is 3.73. The quantitative estimate of drug-likeness (QED) is 0.864. The summed E-state index contributed by atoms with van der Waals surface area (Å²) in [5.74, 6) is -0.692. The molecular formula is C16H11ClF3NO3. The van der Waals surface area contributed by atoms with Crippen LogP contribution in [-0.2, 0) is 16.6 Å². The van der Waals surface area contributed by atoms with Gasteiger partial charge >= 0.3 is 6.18 Å². The number of hydrogen-bond donors (Lipinski definition) is 2. The fourth-order valence-electron chi connectivity index (χ4n) is 2.70. The second-order valence-corrected chi connectivity index (χ2v) is 5.70. The van der Waals surface area contributed by atoms with E-state index in [0.717, 1.165) is 18.2 Å². The number of methoxy groups -OCH3 is 1. The van der Waals surface area contributed by atoms with Crippen molar-refractivity contribution in [2.45, 2.75) is 11.8 Å². The summed E-state index contributed by atoms with van der Waals surface area (Å²) in [6, 6.07) is 6.96. The Balaban J connectivity index is 2.21. The number of nitrogens with one attached hydrogen (secondary N) is 1. The molecule has 3 rings (SSSR count). The van der Waals surface area contributed by atoms with E-state index in [0.29, 0.717) is 0 Å². The fraction of sp³-hybridized carbons (Fsp3) is 0.188. The molecule has 4 nitrogen and oxygen atoms in total. The van der Waals surface area contributed by atoms with Crippen LogP contribution in [0.3, 0.4) is 0 Å². The van der Waals surface area contributed by atoms with Crippen molar-refractivity contribution in [2.75, 3.05) is 12.4 Å². The number of halogens is 4. The molecule has 0 aromatic heterocycles. The summed E-state index contributed by atoms with van der Waals surface area (Å²) in [6.07, 6.45) is -4.56. The smallest absolute Gasteiger partial charge is 0.416 e. The molecule has 0 fully saturated rings. The second kappa shape index (κ2) is 5.39. The van der Waals surface area contributed by atoms with Gasteiger partial charge in [0.2, 0.25) is 0 Å².